The molecule has 1 aliphatic heterocycles. The molecule has 1 atom stereocenters. The predicted molar refractivity (Wildman–Crippen MR) is 78.3 cm³/mol. The Balaban J connectivity index is 1.90. The Morgan fingerprint density at radius 3 is 2.74 bits per heavy atom. The van der Waals surface area contributed by atoms with E-state index in [2.05, 4.69) is 46.7 Å². The van der Waals surface area contributed by atoms with Crippen molar-refractivity contribution in [3.8, 4) is 0 Å². The highest BCUT2D eigenvalue weighted by Gasteiger charge is 2.22. The molecule has 19 heavy (non-hydrogen) atoms. The molecule has 1 unspecified atom stereocenters. The molecule has 0 bridgehead atoms. The van der Waals surface area contributed by atoms with E-state index in [4.69, 9.17) is 0 Å². The van der Waals surface area contributed by atoms with Crippen LogP contribution in [0.4, 0.5) is 5.69 Å². The second-order valence-corrected chi connectivity index (χ2v) is 5.08. The van der Waals surface area contributed by atoms with Crippen LogP contribution in [0.5, 0.6) is 0 Å². The first-order valence-corrected chi connectivity index (χ1v) is 7.00. The third kappa shape index (κ3) is 3.96. The highest BCUT2D eigenvalue weighted by molar-refractivity contribution is 5.73. The number of benzene rings is 1. The highest BCUT2D eigenvalue weighted by Crippen LogP contribution is 2.20. The van der Waals surface area contributed by atoms with Crippen molar-refractivity contribution in [1.82, 2.24) is 10.6 Å². The summed E-state index contributed by atoms with van der Waals surface area (Å²) in [4.78, 5) is 13.4. The Morgan fingerprint density at radius 1 is 1.37 bits per heavy atom. The van der Waals surface area contributed by atoms with Crippen molar-refractivity contribution < 1.29 is 4.79 Å². The molecule has 1 aromatic rings. The average molecular weight is 261 g/mol. The maximum Gasteiger partial charge on any atom is 0.217 e. The summed E-state index contributed by atoms with van der Waals surface area (Å²) in [6.45, 7) is 7.53. The summed E-state index contributed by atoms with van der Waals surface area (Å²) >= 11 is 0. The maximum atomic E-state index is 11.1. The smallest absolute Gasteiger partial charge is 0.217 e. The number of amides is 1. The van der Waals surface area contributed by atoms with Crippen LogP contribution in [-0.2, 0) is 11.3 Å². The van der Waals surface area contributed by atoms with E-state index in [-0.39, 0.29) is 5.91 Å². The first kappa shape index (κ1) is 13.9. The Labute approximate surface area is 115 Å². The molecule has 1 amide bonds. The average Bonchev–Trinajstić information content (AvgIpc) is 2.84. The molecule has 0 aromatic heterocycles. The molecule has 1 heterocycles. The van der Waals surface area contributed by atoms with E-state index in [1.807, 2.05) is 0 Å². The molecule has 0 aliphatic carbocycles. The van der Waals surface area contributed by atoms with Gasteiger partial charge in [-0.1, -0.05) is 19.1 Å². The van der Waals surface area contributed by atoms with Gasteiger partial charge in [-0.2, -0.15) is 0 Å². The van der Waals surface area contributed by atoms with Gasteiger partial charge in [0.1, 0.15) is 0 Å². The van der Waals surface area contributed by atoms with Gasteiger partial charge in [-0.25, -0.2) is 0 Å². The van der Waals surface area contributed by atoms with Crippen LogP contribution in [0, 0.1) is 0 Å². The first-order valence-electron chi connectivity index (χ1n) is 7.00. The summed E-state index contributed by atoms with van der Waals surface area (Å²) in [5.41, 5.74) is 2.55. The van der Waals surface area contributed by atoms with Crippen LogP contribution in [-0.4, -0.2) is 31.6 Å². The molecule has 1 saturated heterocycles. The minimum Gasteiger partial charge on any atom is -0.369 e. The minimum atomic E-state index is 0.0628. The quantitative estimate of drug-likeness (QED) is 0.844. The van der Waals surface area contributed by atoms with E-state index < -0.39 is 0 Å². The maximum absolute atomic E-state index is 11.1. The summed E-state index contributed by atoms with van der Waals surface area (Å²) in [6.07, 6.45) is 1.03. The van der Waals surface area contributed by atoms with Crippen LogP contribution in [0.15, 0.2) is 24.3 Å². The summed E-state index contributed by atoms with van der Waals surface area (Å²) in [5, 5.41) is 6.31. The van der Waals surface area contributed by atoms with Crippen molar-refractivity contribution >= 4 is 11.6 Å². The zero-order valence-electron chi connectivity index (χ0n) is 11.8. The van der Waals surface area contributed by atoms with Crippen LogP contribution < -0.4 is 15.5 Å². The van der Waals surface area contributed by atoms with Gasteiger partial charge >= 0.3 is 0 Å². The largest absolute Gasteiger partial charge is 0.369 e. The lowest BCUT2D eigenvalue weighted by Gasteiger charge is -2.19. The Hall–Kier alpha value is -1.55. The fraction of sp³-hybridized carbons (Fsp3) is 0.533. The fourth-order valence-electron chi connectivity index (χ4n) is 2.49. The number of carbonyl (C=O) groups excluding carboxylic acids is 1. The number of carbonyl (C=O) groups is 1. The molecule has 0 saturated carbocycles. The third-order valence-electron chi connectivity index (χ3n) is 3.48. The number of rotatable bonds is 5. The standard InChI is InChI=1S/C15H23N3O/c1-3-16-10-13-4-6-15(7-5-13)18-9-8-14(11-18)17-12(2)19/h4-7,14,16H,3,8-11H2,1-2H3,(H,17,19). The first-order chi connectivity index (χ1) is 9.19. The fourth-order valence-corrected chi connectivity index (χ4v) is 2.49. The van der Waals surface area contributed by atoms with Crippen molar-refractivity contribution in [1.29, 1.82) is 0 Å². The van der Waals surface area contributed by atoms with E-state index in [1.165, 1.54) is 11.3 Å². The molecule has 1 aromatic carbocycles. The summed E-state index contributed by atoms with van der Waals surface area (Å²) in [6, 6.07) is 8.97. The van der Waals surface area contributed by atoms with E-state index in [0.717, 1.165) is 32.6 Å². The van der Waals surface area contributed by atoms with Crippen LogP contribution >= 0.6 is 0 Å². The molecule has 1 fully saturated rings. The normalized spacial score (nSPS) is 18.6. The van der Waals surface area contributed by atoms with E-state index in [0.29, 0.717) is 6.04 Å². The van der Waals surface area contributed by atoms with Crippen molar-refractivity contribution in [3.05, 3.63) is 29.8 Å². The zero-order valence-corrected chi connectivity index (χ0v) is 11.8. The van der Waals surface area contributed by atoms with E-state index in [9.17, 15) is 4.79 Å². The molecule has 0 radical (unpaired) electrons. The molecular formula is C15H23N3O. The van der Waals surface area contributed by atoms with Gasteiger partial charge in [-0.05, 0) is 30.7 Å². The van der Waals surface area contributed by atoms with Crippen LogP contribution in [0.25, 0.3) is 0 Å². The Morgan fingerprint density at radius 2 is 2.11 bits per heavy atom. The third-order valence-corrected chi connectivity index (χ3v) is 3.48. The molecular weight excluding hydrogens is 238 g/mol. The lowest BCUT2D eigenvalue weighted by molar-refractivity contribution is -0.119. The summed E-state index contributed by atoms with van der Waals surface area (Å²) in [5.74, 6) is 0.0628. The van der Waals surface area contributed by atoms with Crippen molar-refractivity contribution in [2.75, 3.05) is 24.5 Å². The summed E-state index contributed by atoms with van der Waals surface area (Å²) < 4.78 is 0. The second kappa shape index (κ2) is 6.57. The topological polar surface area (TPSA) is 44.4 Å². The van der Waals surface area contributed by atoms with Gasteiger partial charge in [-0.15, -0.1) is 0 Å². The van der Waals surface area contributed by atoms with Crippen molar-refractivity contribution in [3.63, 3.8) is 0 Å². The van der Waals surface area contributed by atoms with E-state index >= 15 is 0 Å². The van der Waals surface area contributed by atoms with Gasteiger partial charge in [0.25, 0.3) is 0 Å². The minimum absolute atomic E-state index is 0.0628. The number of hydrogen-bond donors (Lipinski definition) is 2. The highest BCUT2D eigenvalue weighted by atomic mass is 16.1. The van der Waals surface area contributed by atoms with Crippen LogP contribution in [0.3, 0.4) is 0 Å². The monoisotopic (exact) mass is 261 g/mol. The molecule has 1 aliphatic rings. The summed E-state index contributed by atoms with van der Waals surface area (Å²) in [7, 11) is 0. The predicted octanol–water partition coefficient (Wildman–Crippen LogP) is 1.51. The number of hydrogen-bond acceptors (Lipinski definition) is 3. The van der Waals surface area contributed by atoms with Gasteiger partial charge in [0.2, 0.25) is 5.91 Å². The van der Waals surface area contributed by atoms with E-state index in [1.54, 1.807) is 6.92 Å². The second-order valence-electron chi connectivity index (χ2n) is 5.08. The number of nitrogens with zero attached hydrogens (tertiary/aromatic N) is 1. The Kier molecular flexibility index (Phi) is 4.80. The Bertz CT molecular complexity index is 416. The van der Waals surface area contributed by atoms with Gasteiger partial charge in [0.05, 0.1) is 0 Å². The van der Waals surface area contributed by atoms with Gasteiger partial charge < -0.3 is 15.5 Å². The van der Waals surface area contributed by atoms with Crippen molar-refractivity contribution in [2.45, 2.75) is 32.9 Å². The van der Waals surface area contributed by atoms with Crippen LogP contribution in [0.1, 0.15) is 25.8 Å². The number of nitrogens with one attached hydrogen (secondary N) is 2. The molecule has 2 rings (SSSR count). The van der Waals surface area contributed by atoms with Crippen molar-refractivity contribution in [2.24, 2.45) is 0 Å². The molecule has 2 N–H and O–H groups in total. The molecule has 0 spiro atoms. The van der Waals surface area contributed by atoms with Gasteiger partial charge in [0, 0.05) is 38.3 Å². The van der Waals surface area contributed by atoms with Crippen LogP contribution in [0.2, 0.25) is 0 Å². The van der Waals surface area contributed by atoms with Gasteiger partial charge in [0.15, 0.2) is 0 Å². The SMILES string of the molecule is CCNCc1ccc(N2CCC(NC(C)=O)C2)cc1. The molecule has 4 nitrogen and oxygen atoms in total. The lowest BCUT2D eigenvalue weighted by atomic mass is 10.2. The van der Waals surface area contributed by atoms with Gasteiger partial charge in [-0.3, -0.25) is 4.79 Å². The number of anilines is 1. The zero-order chi connectivity index (χ0) is 13.7. The lowest BCUT2D eigenvalue weighted by Crippen LogP contribution is -2.35. The molecule has 4 heteroatoms. The molecule has 104 valence electrons.